The Hall–Kier alpha value is -0.384. The Bertz CT molecular complexity index is 386. The molecule has 0 atom stereocenters. The summed E-state index contributed by atoms with van der Waals surface area (Å²) in [5.41, 5.74) is 2.07. The van der Waals surface area contributed by atoms with Crippen molar-refractivity contribution >= 4 is 23.1 Å². The van der Waals surface area contributed by atoms with Gasteiger partial charge in [-0.2, -0.15) is 30.3 Å². The summed E-state index contributed by atoms with van der Waals surface area (Å²) in [5, 5.41) is 0. The van der Waals surface area contributed by atoms with Gasteiger partial charge in [-0.1, -0.05) is 17.7 Å². The Kier molecular flexibility index (Phi) is 6.81. The third-order valence-corrected chi connectivity index (χ3v) is 1.88. The molecule has 0 N–H and O–H groups in total. The second-order valence-corrected chi connectivity index (χ2v) is 2.80. The second kappa shape index (κ2) is 6.98. The maximum atomic E-state index is 12.6. The molecule has 0 heterocycles. The van der Waals surface area contributed by atoms with Crippen LogP contribution in [0.5, 0.6) is 0 Å². The molecule has 0 aliphatic carbocycles. The number of halogens is 2. The maximum Gasteiger partial charge on any atom is 2.00 e. The third kappa shape index (κ3) is 3.93. The van der Waals surface area contributed by atoms with Crippen LogP contribution in [0.1, 0.15) is 0 Å². The maximum absolute atomic E-state index is 12.6. The Morgan fingerprint density at radius 3 is 2.13 bits per heavy atom. The first kappa shape index (κ1) is 14.6. The number of benzene rings is 2. The topological polar surface area (TPSA) is 0 Å². The Morgan fingerprint density at radius 1 is 0.933 bits per heavy atom. The molecular weight excluding hydrogens is 267 g/mol. The fraction of sp³-hybridized carbons (Fsp3) is 0. The van der Waals surface area contributed by atoms with Gasteiger partial charge in [-0.3, -0.25) is 0 Å². The molecule has 2 rings (SSSR count). The molecule has 0 bridgehead atoms. The van der Waals surface area contributed by atoms with Crippen LogP contribution in [0.15, 0.2) is 48.5 Å². The molecule has 0 saturated carbocycles. The molecule has 3 heteroatoms. The van der Waals surface area contributed by atoms with Crippen molar-refractivity contribution in [3.05, 3.63) is 60.4 Å². The summed E-state index contributed by atoms with van der Waals surface area (Å²) in [7, 11) is 0. The van der Waals surface area contributed by atoms with Gasteiger partial charge in [0.05, 0.1) is 0 Å². The van der Waals surface area contributed by atoms with Gasteiger partial charge >= 0.3 is 23.1 Å². The van der Waals surface area contributed by atoms with E-state index in [9.17, 15) is 4.39 Å². The summed E-state index contributed by atoms with van der Waals surface area (Å²) in [5.74, 6) is -0.205. The quantitative estimate of drug-likeness (QED) is 0.504. The van der Waals surface area contributed by atoms with Crippen LogP contribution in [0.25, 0.3) is 11.1 Å². The van der Waals surface area contributed by atoms with E-state index in [1.54, 1.807) is 12.1 Å². The third-order valence-electron chi connectivity index (χ3n) is 1.88. The number of hydrogen-bond donors (Lipinski definition) is 0. The largest absolute Gasteiger partial charge is 2.00 e. The van der Waals surface area contributed by atoms with E-state index in [2.05, 4.69) is 6.07 Å². The van der Waals surface area contributed by atoms with Crippen molar-refractivity contribution < 1.29 is 21.4 Å². The molecule has 0 unspecified atom stereocenters. The molecule has 0 nitrogen and oxygen atoms in total. The second-order valence-electron chi connectivity index (χ2n) is 2.80. The summed E-state index contributed by atoms with van der Waals surface area (Å²) in [6.07, 6.45) is 0. The van der Waals surface area contributed by atoms with Crippen LogP contribution in [0.4, 0.5) is 4.39 Å². The first-order chi connectivity index (χ1) is 6.36. The fourth-order valence-corrected chi connectivity index (χ4v) is 1.22. The van der Waals surface area contributed by atoms with Gasteiger partial charge in [-0.05, 0) is 12.1 Å². The fourth-order valence-electron chi connectivity index (χ4n) is 1.22. The van der Waals surface area contributed by atoms with Crippen molar-refractivity contribution in [3.63, 3.8) is 0 Å². The molecule has 0 saturated heterocycles. The standard InChI is InChI=1S/C12H8F.BrH.Mg/c13-12-8-6-11(7-9-12)10-4-2-1-3-5-10;;/h1-2,4-9H;1H;/q-1;;+2/p-1. The molecular formula is C12H8BrFMg. The molecule has 0 aliphatic rings. The average Bonchev–Trinajstić information content (AvgIpc) is 2.20. The minimum absolute atomic E-state index is 0. The minimum atomic E-state index is -0.205. The van der Waals surface area contributed by atoms with Gasteiger partial charge in [0.25, 0.3) is 0 Å². The Morgan fingerprint density at radius 2 is 1.60 bits per heavy atom. The van der Waals surface area contributed by atoms with Gasteiger partial charge < -0.3 is 17.0 Å². The summed E-state index contributed by atoms with van der Waals surface area (Å²) >= 11 is 0. The summed E-state index contributed by atoms with van der Waals surface area (Å²) in [6, 6.07) is 17.0. The Labute approximate surface area is 115 Å². The van der Waals surface area contributed by atoms with E-state index in [0.29, 0.717) is 0 Å². The van der Waals surface area contributed by atoms with E-state index >= 15 is 0 Å². The SMILES string of the molecule is Fc1ccc(-c2c[c-]ccc2)cc1.[Br-].[Mg+2]. The summed E-state index contributed by atoms with van der Waals surface area (Å²) in [4.78, 5) is 0. The molecule has 0 aliphatic heterocycles. The minimum Gasteiger partial charge on any atom is -1.00 e. The summed E-state index contributed by atoms with van der Waals surface area (Å²) < 4.78 is 12.6. The molecule has 2 aromatic carbocycles. The molecule has 0 radical (unpaired) electrons. The van der Waals surface area contributed by atoms with Crippen LogP contribution in [0.3, 0.4) is 0 Å². The van der Waals surface area contributed by atoms with Gasteiger partial charge in [-0.15, -0.1) is 5.56 Å². The first-order valence-corrected chi connectivity index (χ1v) is 4.08. The van der Waals surface area contributed by atoms with Crippen molar-refractivity contribution in [1.82, 2.24) is 0 Å². The van der Waals surface area contributed by atoms with E-state index < -0.39 is 0 Å². The zero-order chi connectivity index (χ0) is 9.10. The van der Waals surface area contributed by atoms with Crippen LogP contribution >= 0.6 is 0 Å². The number of hydrogen-bond acceptors (Lipinski definition) is 0. The van der Waals surface area contributed by atoms with Crippen molar-refractivity contribution in [2.75, 3.05) is 0 Å². The molecule has 72 valence electrons. The van der Waals surface area contributed by atoms with E-state index in [0.717, 1.165) is 11.1 Å². The van der Waals surface area contributed by atoms with E-state index in [1.165, 1.54) is 12.1 Å². The van der Waals surface area contributed by atoms with Gasteiger partial charge in [0, 0.05) is 0 Å². The predicted molar refractivity (Wildman–Crippen MR) is 56.4 cm³/mol. The smallest absolute Gasteiger partial charge is 1.00 e. The molecule has 0 aromatic heterocycles. The predicted octanol–water partition coefficient (Wildman–Crippen LogP) is -0.0839. The zero-order valence-corrected chi connectivity index (χ0v) is 11.1. The molecule has 0 amide bonds. The number of rotatable bonds is 1. The molecule has 0 spiro atoms. The average molecular weight is 275 g/mol. The van der Waals surface area contributed by atoms with Crippen molar-refractivity contribution in [2.24, 2.45) is 0 Å². The monoisotopic (exact) mass is 274 g/mol. The molecule has 15 heavy (non-hydrogen) atoms. The van der Waals surface area contributed by atoms with E-state index in [1.807, 2.05) is 24.3 Å². The van der Waals surface area contributed by atoms with Crippen LogP contribution in [-0.2, 0) is 0 Å². The van der Waals surface area contributed by atoms with Crippen LogP contribution in [0.2, 0.25) is 0 Å². The van der Waals surface area contributed by atoms with Gasteiger partial charge in [0.1, 0.15) is 5.82 Å². The van der Waals surface area contributed by atoms with Gasteiger partial charge in [0.15, 0.2) is 0 Å². The van der Waals surface area contributed by atoms with Gasteiger partial charge in [0.2, 0.25) is 0 Å². The van der Waals surface area contributed by atoms with Crippen molar-refractivity contribution in [2.45, 2.75) is 0 Å². The molecule has 2 aromatic rings. The Balaban J connectivity index is 0.000000980. The van der Waals surface area contributed by atoms with E-state index in [-0.39, 0.29) is 45.9 Å². The van der Waals surface area contributed by atoms with Crippen molar-refractivity contribution in [3.8, 4) is 11.1 Å². The normalized spacial score (nSPS) is 8.60. The molecule has 0 fully saturated rings. The van der Waals surface area contributed by atoms with Gasteiger partial charge in [-0.25, -0.2) is 4.39 Å². The van der Waals surface area contributed by atoms with Crippen LogP contribution in [0, 0.1) is 11.9 Å². The van der Waals surface area contributed by atoms with Crippen LogP contribution in [-0.4, -0.2) is 23.1 Å². The first-order valence-electron chi connectivity index (χ1n) is 4.08. The summed E-state index contributed by atoms with van der Waals surface area (Å²) in [6.45, 7) is 0. The zero-order valence-electron chi connectivity index (χ0n) is 8.08. The van der Waals surface area contributed by atoms with Crippen molar-refractivity contribution in [1.29, 1.82) is 0 Å². The van der Waals surface area contributed by atoms with E-state index in [4.69, 9.17) is 0 Å². The van der Waals surface area contributed by atoms with Crippen LogP contribution < -0.4 is 17.0 Å².